The molecule has 138 valence electrons. The summed E-state index contributed by atoms with van der Waals surface area (Å²) in [4.78, 5) is 16.5. The van der Waals surface area contributed by atoms with Gasteiger partial charge in [0.25, 0.3) is 0 Å². The van der Waals surface area contributed by atoms with E-state index in [1.165, 1.54) is 18.5 Å². The standard InChI is InChI=1S/C20H31N3O2/c1-14-10-12-23(13-11-14)18-8-6-17(7-9-18)21-20(25)15(2)19(24)16(3)22(4)5/h6-9,14-15,19,24H,3,10-13H2,1-2,4-5H3,(H,21,25). The average molecular weight is 345 g/mol. The van der Waals surface area contributed by atoms with Gasteiger partial charge in [0, 0.05) is 44.3 Å². The van der Waals surface area contributed by atoms with Crippen LogP contribution in [0.4, 0.5) is 11.4 Å². The van der Waals surface area contributed by atoms with Crippen molar-refractivity contribution in [2.45, 2.75) is 32.8 Å². The summed E-state index contributed by atoms with van der Waals surface area (Å²) in [5.74, 6) is 0.0212. The van der Waals surface area contributed by atoms with Gasteiger partial charge in [0.2, 0.25) is 5.91 Å². The molecule has 1 aliphatic heterocycles. The molecule has 2 rings (SSSR count). The van der Waals surface area contributed by atoms with Gasteiger partial charge in [-0.15, -0.1) is 0 Å². The monoisotopic (exact) mass is 345 g/mol. The van der Waals surface area contributed by atoms with E-state index in [4.69, 9.17) is 0 Å². The predicted molar refractivity (Wildman–Crippen MR) is 104 cm³/mol. The summed E-state index contributed by atoms with van der Waals surface area (Å²) in [7, 11) is 3.60. The lowest BCUT2D eigenvalue weighted by atomic mass is 9.99. The van der Waals surface area contributed by atoms with E-state index in [1.807, 2.05) is 24.3 Å². The van der Waals surface area contributed by atoms with Gasteiger partial charge in [-0.05, 0) is 43.0 Å². The fraction of sp³-hybridized carbons (Fsp3) is 0.550. The Morgan fingerprint density at radius 2 is 1.84 bits per heavy atom. The molecule has 1 aromatic carbocycles. The second-order valence-corrected chi connectivity index (χ2v) is 7.32. The summed E-state index contributed by atoms with van der Waals surface area (Å²) >= 11 is 0. The molecule has 5 heteroatoms. The number of rotatable bonds is 6. The summed E-state index contributed by atoms with van der Waals surface area (Å²) in [5.41, 5.74) is 2.46. The summed E-state index contributed by atoms with van der Waals surface area (Å²) in [6.45, 7) is 10.0. The van der Waals surface area contributed by atoms with Crippen LogP contribution in [-0.2, 0) is 4.79 Å². The summed E-state index contributed by atoms with van der Waals surface area (Å²) in [6, 6.07) is 7.94. The van der Waals surface area contributed by atoms with E-state index < -0.39 is 12.0 Å². The Balaban J connectivity index is 1.94. The minimum absolute atomic E-state index is 0.213. The van der Waals surface area contributed by atoms with Gasteiger partial charge in [0.05, 0.1) is 5.92 Å². The van der Waals surface area contributed by atoms with Gasteiger partial charge >= 0.3 is 0 Å². The molecule has 0 aromatic heterocycles. The Labute approximate surface area is 151 Å². The molecule has 1 fully saturated rings. The smallest absolute Gasteiger partial charge is 0.230 e. The Hall–Kier alpha value is -2.01. The highest BCUT2D eigenvalue weighted by Gasteiger charge is 2.25. The third kappa shape index (κ3) is 4.98. The van der Waals surface area contributed by atoms with Crippen molar-refractivity contribution in [1.82, 2.24) is 4.90 Å². The highest BCUT2D eigenvalue weighted by atomic mass is 16.3. The van der Waals surface area contributed by atoms with E-state index in [0.29, 0.717) is 5.70 Å². The molecule has 1 amide bonds. The molecule has 2 N–H and O–H groups in total. The summed E-state index contributed by atoms with van der Waals surface area (Å²) < 4.78 is 0. The number of likely N-dealkylation sites (N-methyl/N-ethyl adjacent to an activating group) is 1. The molecule has 1 aromatic rings. The first-order chi connectivity index (χ1) is 11.8. The van der Waals surface area contributed by atoms with Crippen LogP contribution in [0.2, 0.25) is 0 Å². The Morgan fingerprint density at radius 1 is 1.28 bits per heavy atom. The zero-order valence-corrected chi connectivity index (χ0v) is 15.8. The van der Waals surface area contributed by atoms with E-state index in [1.54, 1.807) is 25.9 Å². The van der Waals surface area contributed by atoms with Gasteiger partial charge in [-0.2, -0.15) is 0 Å². The lowest BCUT2D eigenvalue weighted by Crippen LogP contribution is -2.35. The Morgan fingerprint density at radius 3 is 2.36 bits per heavy atom. The van der Waals surface area contributed by atoms with Crippen LogP contribution in [0.15, 0.2) is 36.5 Å². The number of anilines is 2. The molecular formula is C20H31N3O2. The fourth-order valence-corrected chi connectivity index (χ4v) is 2.97. The number of benzene rings is 1. The SMILES string of the molecule is C=C(C(O)C(C)C(=O)Nc1ccc(N2CCC(C)CC2)cc1)N(C)C. The third-order valence-corrected chi connectivity index (χ3v) is 5.09. The van der Waals surface area contributed by atoms with Crippen LogP contribution in [0.3, 0.4) is 0 Å². The van der Waals surface area contributed by atoms with Crippen molar-refractivity contribution in [2.24, 2.45) is 11.8 Å². The average Bonchev–Trinajstić information content (AvgIpc) is 2.61. The molecule has 25 heavy (non-hydrogen) atoms. The lowest BCUT2D eigenvalue weighted by Gasteiger charge is -2.32. The van der Waals surface area contributed by atoms with Crippen LogP contribution in [0.25, 0.3) is 0 Å². The molecule has 0 aliphatic carbocycles. The molecule has 0 bridgehead atoms. The molecular weight excluding hydrogens is 314 g/mol. The zero-order valence-electron chi connectivity index (χ0n) is 15.8. The molecule has 1 saturated heterocycles. The fourth-order valence-electron chi connectivity index (χ4n) is 2.97. The van der Waals surface area contributed by atoms with E-state index in [-0.39, 0.29) is 5.91 Å². The number of carbonyl (C=O) groups excluding carboxylic acids is 1. The van der Waals surface area contributed by atoms with Crippen LogP contribution in [-0.4, -0.2) is 49.2 Å². The van der Waals surface area contributed by atoms with Crippen molar-refractivity contribution in [2.75, 3.05) is 37.4 Å². The van der Waals surface area contributed by atoms with Gasteiger partial charge in [-0.25, -0.2) is 0 Å². The second kappa shape index (κ2) is 8.39. The minimum Gasteiger partial charge on any atom is -0.386 e. The van der Waals surface area contributed by atoms with Crippen LogP contribution in [0, 0.1) is 11.8 Å². The molecule has 2 atom stereocenters. The maximum Gasteiger partial charge on any atom is 0.230 e. The first kappa shape index (κ1) is 19.3. The van der Waals surface area contributed by atoms with Crippen LogP contribution in [0.5, 0.6) is 0 Å². The lowest BCUT2D eigenvalue weighted by molar-refractivity contribution is -0.122. The van der Waals surface area contributed by atoms with Gasteiger partial charge in [-0.1, -0.05) is 20.4 Å². The van der Waals surface area contributed by atoms with E-state index >= 15 is 0 Å². The summed E-state index contributed by atoms with van der Waals surface area (Å²) in [5, 5.41) is 13.1. The van der Waals surface area contributed by atoms with Crippen LogP contribution >= 0.6 is 0 Å². The minimum atomic E-state index is -0.899. The highest BCUT2D eigenvalue weighted by Crippen LogP contribution is 2.24. The second-order valence-electron chi connectivity index (χ2n) is 7.32. The number of piperidine rings is 1. The van der Waals surface area contributed by atoms with Crippen molar-refractivity contribution in [3.05, 3.63) is 36.5 Å². The van der Waals surface area contributed by atoms with E-state index in [2.05, 4.69) is 23.7 Å². The predicted octanol–water partition coefficient (Wildman–Crippen LogP) is 2.93. The quantitative estimate of drug-likeness (QED) is 0.832. The molecule has 0 radical (unpaired) electrons. The van der Waals surface area contributed by atoms with E-state index in [0.717, 1.165) is 24.7 Å². The van der Waals surface area contributed by atoms with E-state index in [9.17, 15) is 9.90 Å². The third-order valence-electron chi connectivity index (χ3n) is 5.09. The molecule has 2 unspecified atom stereocenters. The number of aliphatic hydroxyl groups excluding tert-OH is 1. The molecule has 1 aliphatic rings. The summed E-state index contributed by atoms with van der Waals surface area (Å²) in [6.07, 6.45) is 1.55. The maximum absolute atomic E-state index is 12.4. The zero-order chi connectivity index (χ0) is 18.6. The molecule has 5 nitrogen and oxygen atoms in total. The normalized spacial score (nSPS) is 17.7. The highest BCUT2D eigenvalue weighted by molar-refractivity contribution is 5.93. The number of nitrogens with one attached hydrogen (secondary N) is 1. The molecule has 0 saturated carbocycles. The first-order valence-electron chi connectivity index (χ1n) is 8.99. The topological polar surface area (TPSA) is 55.8 Å². The van der Waals surface area contributed by atoms with Crippen molar-refractivity contribution < 1.29 is 9.90 Å². The Kier molecular flexibility index (Phi) is 6.48. The number of aliphatic hydroxyl groups is 1. The number of hydrogen-bond donors (Lipinski definition) is 2. The number of carbonyl (C=O) groups is 1. The van der Waals surface area contributed by atoms with Gasteiger partial charge < -0.3 is 20.2 Å². The number of hydrogen-bond acceptors (Lipinski definition) is 4. The van der Waals surface area contributed by atoms with Crippen molar-refractivity contribution in [1.29, 1.82) is 0 Å². The van der Waals surface area contributed by atoms with Crippen molar-refractivity contribution in [3.8, 4) is 0 Å². The van der Waals surface area contributed by atoms with Crippen molar-refractivity contribution in [3.63, 3.8) is 0 Å². The maximum atomic E-state index is 12.4. The van der Waals surface area contributed by atoms with Gasteiger partial charge in [0.1, 0.15) is 6.10 Å². The largest absolute Gasteiger partial charge is 0.386 e. The molecule has 0 spiro atoms. The van der Waals surface area contributed by atoms with Crippen LogP contribution in [0.1, 0.15) is 26.7 Å². The number of amides is 1. The van der Waals surface area contributed by atoms with Gasteiger partial charge in [0.15, 0.2) is 0 Å². The first-order valence-corrected chi connectivity index (χ1v) is 8.99. The number of nitrogens with zero attached hydrogens (tertiary/aromatic N) is 2. The van der Waals surface area contributed by atoms with Crippen LogP contribution < -0.4 is 10.2 Å². The Bertz CT molecular complexity index is 589. The molecule has 1 heterocycles. The van der Waals surface area contributed by atoms with Gasteiger partial charge in [-0.3, -0.25) is 4.79 Å². The van der Waals surface area contributed by atoms with Crippen molar-refractivity contribution >= 4 is 17.3 Å².